The standard InChI is InChI=1S/C12H13N5OS/c1-4-9-14-10(17-16-9)11(18)15-12-8(5-13)6(2)7(3)19-12/h4H2,1-3H3,(H,15,18)(H,14,16,17). The zero-order valence-electron chi connectivity index (χ0n) is 10.9. The second kappa shape index (κ2) is 5.20. The lowest BCUT2D eigenvalue weighted by molar-refractivity contribution is 0.101. The molecule has 98 valence electrons. The molecule has 0 spiro atoms. The summed E-state index contributed by atoms with van der Waals surface area (Å²) in [4.78, 5) is 17.0. The van der Waals surface area contributed by atoms with Gasteiger partial charge in [0, 0.05) is 11.3 Å². The minimum atomic E-state index is -0.409. The van der Waals surface area contributed by atoms with Crippen molar-refractivity contribution in [2.24, 2.45) is 0 Å². The molecule has 2 aromatic heterocycles. The number of nitrogens with one attached hydrogen (secondary N) is 2. The molecule has 0 bridgehead atoms. The molecule has 7 heteroatoms. The van der Waals surface area contributed by atoms with Crippen molar-refractivity contribution in [1.29, 1.82) is 5.26 Å². The Morgan fingerprint density at radius 2 is 2.26 bits per heavy atom. The van der Waals surface area contributed by atoms with Gasteiger partial charge in [0.25, 0.3) is 5.91 Å². The Morgan fingerprint density at radius 1 is 1.53 bits per heavy atom. The van der Waals surface area contributed by atoms with E-state index in [1.807, 2.05) is 20.8 Å². The first-order chi connectivity index (χ1) is 9.06. The third-order valence-electron chi connectivity index (χ3n) is 2.79. The van der Waals surface area contributed by atoms with E-state index in [4.69, 9.17) is 5.26 Å². The number of aromatic amines is 1. The summed E-state index contributed by atoms with van der Waals surface area (Å²) in [6, 6.07) is 2.10. The van der Waals surface area contributed by atoms with Gasteiger partial charge < -0.3 is 5.32 Å². The molecule has 0 atom stereocenters. The lowest BCUT2D eigenvalue weighted by Crippen LogP contribution is -2.13. The Balaban J connectivity index is 2.24. The summed E-state index contributed by atoms with van der Waals surface area (Å²) in [7, 11) is 0. The molecular formula is C12H13N5OS. The first-order valence-electron chi connectivity index (χ1n) is 5.79. The first-order valence-corrected chi connectivity index (χ1v) is 6.61. The van der Waals surface area contributed by atoms with Crippen LogP contribution in [0.15, 0.2) is 0 Å². The van der Waals surface area contributed by atoms with Crippen molar-refractivity contribution in [2.75, 3.05) is 5.32 Å². The van der Waals surface area contributed by atoms with Crippen LogP contribution in [0.2, 0.25) is 0 Å². The van der Waals surface area contributed by atoms with Crippen LogP contribution < -0.4 is 5.32 Å². The number of nitrogens with zero attached hydrogens (tertiary/aromatic N) is 3. The fourth-order valence-electron chi connectivity index (χ4n) is 1.56. The van der Waals surface area contributed by atoms with Crippen LogP contribution in [0.4, 0.5) is 5.00 Å². The highest BCUT2D eigenvalue weighted by Crippen LogP contribution is 2.31. The van der Waals surface area contributed by atoms with Crippen LogP contribution in [0.5, 0.6) is 0 Å². The van der Waals surface area contributed by atoms with E-state index in [1.165, 1.54) is 11.3 Å². The van der Waals surface area contributed by atoms with E-state index in [9.17, 15) is 4.79 Å². The van der Waals surface area contributed by atoms with Gasteiger partial charge in [-0.2, -0.15) is 5.26 Å². The van der Waals surface area contributed by atoms with Crippen molar-refractivity contribution >= 4 is 22.2 Å². The van der Waals surface area contributed by atoms with Gasteiger partial charge >= 0.3 is 0 Å². The van der Waals surface area contributed by atoms with Crippen LogP contribution in [-0.4, -0.2) is 21.1 Å². The van der Waals surface area contributed by atoms with E-state index >= 15 is 0 Å². The molecule has 19 heavy (non-hydrogen) atoms. The van der Waals surface area contributed by atoms with Crippen LogP contribution in [0.3, 0.4) is 0 Å². The zero-order valence-corrected chi connectivity index (χ0v) is 11.7. The van der Waals surface area contributed by atoms with Crippen LogP contribution in [0.25, 0.3) is 0 Å². The molecule has 0 unspecified atom stereocenters. The SMILES string of the molecule is CCc1nc(C(=O)Nc2sc(C)c(C)c2C#N)n[nH]1. The molecule has 0 radical (unpaired) electrons. The number of rotatable bonds is 3. The molecule has 1 amide bonds. The van der Waals surface area contributed by atoms with Gasteiger partial charge in [-0.3, -0.25) is 9.89 Å². The Bertz CT molecular complexity index is 664. The molecule has 0 fully saturated rings. The molecule has 0 aliphatic heterocycles. The number of anilines is 1. The lowest BCUT2D eigenvalue weighted by Gasteiger charge is -1.99. The second-order valence-electron chi connectivity index (χ2n) is 4.01. The largest absolute Gasteiger partial charge is 0.310 e. The maximum absolute atomic E-state index is 12.0. The van der Waals surface area contributed by atoms with Crippen molar-refractivity contribution < 1.29 is 4.79 Å². The van der Waals surface area contributed by atoms with Gasteiger partial charge in [0.2, 0.25) is 5.82 Å². The van der Waals surface area contributed by atoms with Gasteiger partial charge in [0.1, 0.15) is 16.9 Å². The molecule has 2 rings (SSSR count). The predicted octanol–water partition coefficient (Wildman–Crippen LogP) is 2.17. The van der Waals surface area contributed by atoms with E-state index in [2.05, 4.69) is 26.6 Å². The van der Waals surface area contributed by atoms with Crippen molar-refractivity contribution in [3.63, 3.8) is 0 Å². The summed E-state index contributed by atoms with van der Waals surface area (Å²) in [5.41, 5.74) is 1.40. The quantitative estimate of drug-likeness (QED) is 0.897. The fourth-order valence-corrected chi connectivity index (χ4v) is 2.57. The van der Waals surface area contributed by atoms with Crippen molar-refractivity contribution in [3.8, 4) is 6.07 Å². The highest BCUT2D eigenvalue weighted by molar-refractivity contribution is 7.16. The summed E-state index contributed by atoms with van der Waals surface area (Å²) in [5.74, 6) is 0.336. The Kier molecular flexibility index (Phi) is 3.62. The van der Waals surface area contributed by atoms with Crippen LogP contribution >= 0.6 is 11.3 Å². The monoisotopic (exact) mass is 275 g/mol. The number of carbonyl (C=O) groups is 1. The minimum absolute atomic E-state index is 0.0874. The number of aryl methyl sites for hydroxylation is 2. The molecule has 0 aliphatic carbocycles. The molecule has 0 saturated heterocycles. The van der Waals surface area contributed by atoms with Gasteiger partial charge in [-0.1, -0.05) is 6.92 Å². The predicted molar refractivity (Wildman–Crippen MR) is 72.2 cm³/mol. The number of nitriles is 1. The Hall–Kier alpha value is -2.20. The highest BCUT2D eigenvalue weighted by atomic mass is 32.1. The molecule has 0 aliphatic rings. The number of thiophene rings is 1. The summed E-state index contributed by atoms with van der Waals surface area (Å²) in [5, 5.41) is 18.9. The Morgan fingerprint density at radius 3 is 2.84 bits per heavy atom. The van der Waals surface area contributed by atoms with E-state index < -0.39 is 5.91 Å². The van der Waals surface area contributed by atoms with E-state index in [0.717, 1.165) is 10.4 Å². The van der Waals surface area contributed by atoms with Gasteiger partial charge in [-0.15, -0.1) is 16.4 Å². The summed E-state index contributed by atoms with van der Waals surface area (Å²) < 4.78 is 0. The topological polar surface area (TPSA) is 94.5 Å². The van der Waals surface area contributed by atoms with E-state index in [-0.39, 0.29) is 5.82 Å². The number of hydrogen-bond acceptors (Lipinski definition) is 5. The van der Waals surface area contributed by atoms with Gasteiger partial charge in [-0.25, -0.2) is 4.98 Å². The molecule has 2 heterocycles. The lowest BCUT2D eigenvalue weighted by atomic mass is 10.2. The van der Waals surface area contributed by atoms with E-state index in [1.54, 1.807) is 0 Å². The fraction of sp³-hybridized carbons (Fsp3) is 0.333. The van der Waals surface area contributed by atoms with Crippen LogP contribution in [0.1, 0.15) is 39.4 Å². The smallest absolute Gasteiger partial charge is 0.295 e. The summed E-state index contributed by atoms with van der Waals surface area (Å²) >= 11 is 1.38. The summed E-state index contributed by atoms with van der Waals surface area (Å²) in [6.07, 6.45) is 0.681. The number of aromatic nitrogens is 3. The van der Waals surface area contributed by atoms with Crippen LogP contribution in [-0.2, 0) is 6.42 Å². The van der Waals surface area contributed by atoms with Crippen molar-refractivity contribution in [1.82, 2.24) is 15.2 Å². The van der Waals surface area contributed by atoms with Crippen LogP contribution in [0, 0.1) is 25.2 Å². The molecule has 0 saturated carbocycles. The van der Waals surface area contributed by atoms with Crippen molar-refractivity contribution in [3.05, 3.63) is 27.7 Å². The van der Waals surface area contributed by atoms with Gasteiger partial charge in [0.05, 0.1) is 5.56 Å². The minimum Gasteiger partial charge on any atom is -0.310 e. The zero-order chi connectivity index (χ0) is 14.0. The van der Waals surface area contributed by atoms with E-state index in [0.29, 0.717) is 22.8 Å². The van der Waals surface area contributed by atoms with Gasteiger partial charge in [-0.05, 0) is 19.4 Å². The molecule has 0 aromatic carbocycles. The first kappa shape index (κ1) is 13.2. The van der Waals surface area contributed by atoms with Crippen molar-refractivity contribution in [2.45, 2.75) is 27.2 Å². The summed E-state index contributed by atoms with van der Waals surface area (Å²) in [6.45, 7) is 5.70. The number of hydrogen-bond donors (Lipinski definition) is 2. The third-order valence-corrected chi connectivity index (χ3v) is 3.92. The second-order valence-corrected chi connectivity index (χ2v) is 5.24. The third kappa shape index (κ3) is 2.48. The number of amides is 1. The normalized spacial score (nSPS) is 10.2. The molecule has 2 aromatic rings. The Labute approximate surface area is 114 Å². The molecule has 6 nitrogen and oxygen atoms in total. The maximum Gasteiger partial charge on any atom is 0.295 e. The molecule has 2 N–H and O–H groups in total. The molecular weight excluding hydrogens is 262 g/mol. The average molecular weight is 275 g/mol. The highest BCUT2D eigenvalue weighted by Gasteiger charge is 2.18. The number of carbonyl (C=O) groups excluding carboxylic acids is 1. The maximum atomic E-state index is 12.0. The average Bonchev–Trinajstić information content (AvgIpc) is 2.96. The number of H-pyrrole nitrogens is 1. The van der Waals surface area contributed by atoms with Gasteiger partial charge in [0.15, 0.2) is 0 Å².